The molecule has 19 unspecified atom stereocenters. The van der Waals surface area contributed by atoms with Gasteiger partial charge in [-0.3, -0.25) is 42.7 Å². The van der Waals surface area contributed by atoms with E-state index in [1.807, 2.05) is 30.3 Å². The number of hydrogen-bond donors (Lipinski definition) is 23. The average Bonchev–Trinajstić information content (AvgIpc) is 1.00. The molecule has 0 aliphatic carbocycles. The van der Waals surface area contributed by atoms with Crippen LogP contribution in [0.15, 0.2) is 53.6 Å². The number of carbonyl (C=O) groups is 8. The van der Waals surface area contributed by atoms with Crippen molar-refractivity contribution in [3.8, 4) is 10.7 Å². The van der Waals surface area contributed by atoms with Crippen molar-refractivity contribution in [1.29, 1.82) is 0 Å². The lowest BCUT2D eigenvalue weighted by molar-refractivity contribution is -0.372. The second-order valence-corrected chi connectivity index (χ2v) is 27.4. The Bertz CT molecular complexity index is 3880. The summed E-state index contributed by atoms with van der Waals surface area (Å²) in [4.78, 5) is 131. The lowest BCUT2D eigenvalue weighted by Crippen LogP contribution is -2.65. The van der Waals surface area contributed by atoms with Gasteiger partial charge in [0.2, 0.25) is 29.5 Å². The number of anilines is 1. The van der Waals surface area contributed by atoms with Gasteiger partial charge in [-0.1, -0.05) is 37.3 Å². The molecular formula is C61H90N18O25S3. The molecule has 43 nitrogen and oxygen atoms in total. The smallest absolute Gasteiger partial charge is 0.404 e. The van der Waals surface area contributed by atoms with Crippen molar-refractivity contribution < 1.29 is 120 Å². The van der Waals surface area contributed by atoms with E-state index >= 15 is 4.79 Å². The number of rotatable bonds is 37. The molecule has 2 aliphatic rings. The summed E-state index contributed by atoms with van der Waals surface area (Å²) in [6.07, 6.45) is -24.5. The number of aliphatic hydroxyl groups is 8. The van der Waals surface area contributed by atoms with Gasteiger partial charge < -0.3 is 135 Å². The summed E-state index contributed by atoms with van der Waals surface area (Å²) in [6, 6.07) is 2.26. The van der Waals surface area contributed by atoms with Gasteiger partial charge in [-0.2, -0.15) is 8.42 Å². The summed E-state index contributed by atoms with van der Waals surface area (Å²) in [5.74, 6) is -8.75. The zero-order valence-corrected chi connectivity index (χ0v) is 60.5. The quantitative estimate of drug-likeness (QED) is 0.0130. The van der Waals surface area contributed by atoms with E-state index < -0.39 is 193 Å². The third-order valence-electron chi connectivity index (χ3n) is 16.7. The van der Waals surface area contributed by atoms with Crippen LogP contribution in [0.25, 0.3) is 10.7 Å². The van der Waals surface area contributed by atoms with Crippen molar-refractivity contribution in [2.75, 3.05) is 45.1 Å². The van der Waals surface area contributed by atoms with E-state index in [0.717, 1.165) is 18.1 Å². The molecule has 0 radical (unpaired) electrons. The molecule has 0 saturated carbocycles. The minimum absolute atomic E-state index is 0.0169. The van der Waals surface area contributed by atoms with E-state index in [4.69, 9.17) is 69.9 Å². The number of hydrogen-bond acceptors (Lipinski definition) is 34. The molecule has 1 aromatic carbocycles. The zero-order chi connectivity index (χ0) is 79.3. The van der Waals surface area contributed by atoms with E-state index in [-0.39, 0.29) is 60.1 Å². The van der Waals surface area contributed by atoms with E-state index in [9.17, 15) is 74.4 Å². The molecule has 6 heterocycles. The first-order valence-electron chi connectivity index (χ1n) is 32.9. The predicted octanol–water partition coefficient (Wildman–Crippen LogP) is -6.88. The second kappa shape index (κ2) is 40.6. The van der Waals surface area contributed by atoms with Crippen LogP contribution < -0.4 is 65.9 Å². The van der Waals surface area contributed by atoms with Crippen molar-refractivity contribution in [2.45, 2.75) is 170 Å². The highest BCUT2D eigenvalue weighted by molar-refractivity contribution is 7.79. The third kappa shape index (κ3) is 25.2. The summed E-state index contributed by atoms with van der Waals surface area (Å²) < 4.78 is 60.4. The minimum Gasteiger partial charge on any atom is -0.441 e. The normalized spacial score (nSPS) is 23.0. The Morgan fingerprint density at radius 3 is 2.02 bits per heavy atom. The Morgan fingerprint density at radius 2 is 1.40 bits per heavy atom. The largest absolute Gasteiger partial charge is 0.441 e. The standard InChI is InChI=1S/C61H88N18O21S2.H2O4S/c1-24-39(76-52(79-50(24)64)31(16-37(63)83)71-17-30(62)51(65)89)56(93)78-41(47(32-18-67-23-72-32)98-60-49(45(87)43(85)35(19-80)97-60)99-59-46(88)48(100-61(66)95)44(86)36(20-81)96-59)57(94)73-27(4)42(84)25(2)53(90)77-40(28(5)82)55(92)70-15-12-38-74-34(22-101-38)58-75-33(21-102-58)54(91)69-14-9-13-68-26(3)29-10-7-6-8-11-29;1-5(2,3)4/h6-8,10-11,18,21-23,25-28,30-31,35-36,40-49,59-60,68,71,80-82,84-88H,9,12-17,19-20,62H2,1-5H3,(H2,63,83)(H2,65,89)(H2,66,95)(H,67,72)(H,69,91)(H,70,92)(H,73,94)(H,77,90)(H,78,93)(H2,64,76,79);(H2,1,2,3,4)/t25?,26-,27?,28?,30?,31?,35?,36?,40?,41?,42?,43?,44?,45?,46?,47?,48?,49?,59?,60?;/m0./s1. The molecule has 0 bridgehead atoms. The van der Waals surface area contributed by atoms with Crippen LogP contribution in [0.5, 0.6) is 0 Å². The molecular weight excluding hydrogens is 1480 g/mol. The number of nitrogens with two attached hydrogens (primary N) is 5. The number of nitrogens with zero attached hydrogens (tertiary/aromatic N) is 5. The Labute approximate surface area is 618 Å². The zero-order valence-electron chi connectivity index (χ0n) is 58.1. The maximum Gasteiger partial charge on any atom is 0.404 e. The molecule has 5 aromatic rings. The number of aromatic amines is 1. The van der Waals surface area contributed by atoms with Crippen LogP contribution in [-0.2, 0) is 64.5 Å². The first-order chi connectivity index (χ1) is 50.4. The van der Waals surface area contributed by atoms with Crippen LogP contribution in [0.2, 0.25) is 0 Å². The molecule has 592 valence electrons. The Balaban J connectivity index is 0.00000346. The number of aromatic nitrogens is 6. The SMILES string of the molecule is Cc1c(N)nc(C(CC(N)=O)NCC(N)C(N)=O)nc1C(=O)NC(C(=O)NC(C)C(O)C(C)C(=O)NC(C(=O)NCCc1nc(-c2nc(C(=O)NCCCN[C@@H](C)c3ccccc3)cs2)cs1)C(C)O)C(OC1OC(CO)C(O)C(O)C1OC1OC(CO)C(O)C(OC(N)=O)C1O)c1cnc[nH]1.O=S(=O)(O)O. The topological polar surface area (TPSA) is 714 Å². The number of primary amides is 3. The van der Waals surface area contributed by atoms with Gasteiger partial charge in [0.15, 0.2) is 18.7 Å². The summed E-state index contributed by atoms with van der Waals surface area (Å²) in [6.45, 7) is 5.81. The fourth-order valence-corrected chi connectivity index (χ4v) is 12.3. The highest BCUT2D eigenvalue weighted by atomic mass is 32.3. The molecule has 28 N–H and O–H groups in total. The van der Waals surface area contributed by atoms with Crippen LogP contribution >= 0.6 is 22.7 Å². The van der Waals surface area contributed by atoms with E-state index in [2.05, 4.69) is 74.0 Å². The molecule has 8 amide bonds. The number of amides is 8. The molecule has 107 heavy (non-hydrogen) atoms. The van der Waals surface area contributed by atoms with Crippen molar-refractivity contribution in [3.05, 3.63) is 92.7 Å². The molecule has 0 spiro atoms. The van der Waals surface area contributed by atoms with Crippen LogP contribution in [0, 0.1) is 12.8 Å². The average molecular weight is 1570 g/mol. The van der Waals surface area contributed by atoms with Crippen molar-refractivity contribution in [1.82, 2.24) is 67.1 Å². The van der Waals surface area contributed by atoms with E-state index in [1.54, 1.807) is 10.8 Å². The maximum absolute atomic E-state index is 15.2. The molecule has 2 aliphatic heterocycles. The first kappa shape index (κ1) is 87.3. The highest BCUT2D eigenvalue weighted by Crippen LogP contribution is 2.35. The number of benzene rings is 1. The molecule has 7 rings (SSSR count). The summed E-state index contributed by atoms with van der Waals surface area (Å²) in [5, 5.41) is 112. The van der Waals surface area contributed by atoms with Crippen LogP contribution in [0.4, 0.5) is 10.6 Å². The second-order valence-electron chi connectivity index (χ2n) is 24.7. The third-order valence-corrected chi connectivity index (χ3v) is 18.4. The van der Waals surface area contributed by atoms with Crippen LogP contribution in [0.1, 0.15) is 107 Å². The molecule has 20 atom stereocenters. The predicted molar refractivity (Wildman–Crippen MR) is 372 cm³/mol. The van der Waals surface area contributed by atoms with E-state index in [1.165, 1.54) is 50.4 Å². The van der Waals surface area contributed by atoms with Crippen LogP contribution in [-0.4, -0.2) is 273 Å². The van der Waals surface area contributed by atoms with Crippen molar-refractivity contribution in [3.63, 3.8) is 0 Å². The number of aliphatic hydroxyl groups excluding tert-OH is 8. The van der Waals surface area contributed by atoms with Gasteiger partial charge in [0.1, 0.15) is 94.6 Å². The first-order valence-corrected chi connectivity index (χ1v) is 36.0. The van der Waals surface area contributed by atoms with Gasteiger partial charge in [-0.25, -0.2) is 29.7 Å². The summed E-state index contributed by atoms with van der Waals surface area (Å²) in [5.41, 5.74) is 29.2. The minimum atomic E-state index is -4.67. The van der Waals surface area contributed by atoms with Gasteiger partial charge in [-0.05, 0) is 46.2 Å². The van der Waals surface area contributed by atoms with Crippen molar-refractivity contribution >= 4 is 86.3 Å². The molecule has 2 saturated heterocycles. The number of carbonyl (C=O) groups excluding carboxylic acids is 8. The number of imidazole rings is 1. The fraction of sp³-hybridized carbons (Fsp3) is 0.557. The Morgan fingerprint density at radius 1 is 0.738 bits per heavy atom. The number of nitrogen functional groups attached to an aromatic ring is 1. The van der Waals surface area contributed by atoms with E-state index in [0.29, 0.717) is 35.2 Å². The van der Waals surface area contributed by atoms with Gasteiger partial charge in [0.25, 0.3) is 11.8 Å². The summed E-state index contributed by atoms with van der Waals surface area (Å²) in [7, 11) is -4.67. The van der Waals surface area contributed by atoms with Gasteiger partial charge in [0, 0.05) is 54.8 Å². The molecule has 4 aromatic heterocycles. The fourth-order valence-electron chi connectivity index (χ4n) is 10.7. The lowest BCUT2D eigenvalue weighted by Gasteiger charge is -2.47. The van der Waals surface area contributed by atoms with Gasteiger partial charge in [0.05, 0.1) is 72.7 Å². The number of nitrogens with one attached hydrogen (secondary N) is 8. The molecule has 46 heteroatoms. The van der Waals surface area contributed by atoms with Gasteiger partial charge >= 0.3 is 16.5 Å². The number of thiazole rings is 2. The molecule has 2 fully saturated rings. The Hall–Kier alpha value is -8.60. The highest BCUT2D eigenvalue weighted by Gasteiger charge is 2.54. The lowest BCUT2D eigenvalue weighted by atomic mass is 9.96. The maximum atomic E-state index is 15.2. The Kier molecular flexibility index (Phi) is 33.1. The number of H-pyrrole nitrogens is 1. The number of ether oxygens (including phenoxy) is 5. The van der Waals surface area contributed by atoms with Crippen molar-refractivity contribution in [2.24, 2.45) is 28.9 Å². The monoisotopic (exact) mass is 1570 g/mol. The summed E-state index contributed by atoms with van der Waals surface area (Å²) >= 11 is 2.50. The van der Waals surface area contributed by atoms with Crippen LogP contribution in [0.3, 0.4) is 0 Å². The van der Waals surface area contributed by atoms with Gasteiger partial charge in [-0.15, -0.1) is 22.7 Å².